The summed E-state index contributed by atoms with van der Waals surface area (Å²) in [7, 11) is 1.66. The van der Waals surface area contributed by atoms with Crippen LogP contribution in [0.25, 0.3) is 10.9 Å². The van der Waals surface area contributed by atoms with E-state index in [0.29, 0.717) is 25.3 Å². The normalized spacial score (nSPS) is 16.0. The van der Waals surface area contributed by atoms with Crippen molar-refractivity contribution in [3.8, 4) is 5.75 Å². The third-order valence-corrected chi connectivity index (χ3v) is 5.28. The maximum atomic E-state index is 12.8. The molecule has 1 aliphatic heterocycles. The maximum Gasteiger partial charge on any atom is 0.253 e. The molecule has 2 N–H and O–H groups in total. The van der Waals surface area contributed by atoms with Crippen LogP contribution in [0.2, 0.25) is 0 Å². The number of amides is 1. The van der Waals surface area contributed by atoms with E-state index in [-0.39, 0.29) is 11.9 Å². The molecule has 0 unspecified atom stereocenters. The van der Waals surface area contributed by atoms with Crippen LogP contribution in [0.3, 0.4) is 0 Å². The molecule has 0 bridgehead atoms. The van der Waals surface area contributed by atoms with Crippen LogP contribution in [-0.4, -0.2) is 55.7 Å². The molecule has 0 radical (unpaired) electrons. The second kappa shape index (κ2) is 8.46. The third kappa shape index (κ3) is 3.88. The van der Waals surface area contributed by atoms with Crippen molar-refractivity contribution < 1.29 is 14.3 Å². The highest BCUT2D eigenvalue weighted by molar-refractivity contribution is 6.06. The molecule has 6 heteroatoms. The topological polar surface area (TPSA) is 66.6 Å². The number of nitrogens with zero attached hydrogens (tertiary/aromatic N) is 1. The number of carbonyl (C=O) groups excluding carboxylic acids is 1. The van der Waals surface area contributed by atoms with Gasteiger partial charge in [0, 0.05) is 36.7 Å². The van der Waals surface area contributed by atoms with Crippen LogP contribution in [0.1, 0.15) is 22.0 Å². The van der Waals surface area contributed by atoms with Crippen molar-refractivity contribution in [2.24, 2.45) is 0 Å². The molecule has 6 nitrogen and oxygen atoms in total. The summed E-state index contributed by atoms with van der Waals surface area (Å²) < 4.78 is 10.8. The Morgan fingerprint density at radius 3 is 2.68 bits per heavy atom. The summed E-state index contributed by atoms with van der Waals surface area (Å²) >= 11 is 0. The zero-order valence-electron chi connectivity index (χ0n) is 16.0. The standard InChI is InChI=1S/C22H25N3O3/c1-27-17-8-6-16(7-9-17)21(25-10-12-28-13-11-25)15-24-22(26)19-14-23-20-5-3-2-4-18(19)20/h2-9,14,21,23H,10-13,15H2,1H3,(H,24,26)/t21-/m1/s1. The molecule has 1 aromatic heterocycles. The Labute approximate surface area is 164 Å². The first-order chi connectivity index (χ1) is 13.8. The largest absolute Gasteiger partial charge is 0.497 e. The minimum atomic E-state index is -0.0655. The number of hydrogen-bond donors (Lipinski definition) is 2. The van der Waals surface area contributed by atoms with Gasteiger partial charge in [0.2, 0.25) is 0 Å². The van der Waals surface area contributed by atoms with Gasteiger partial charge in [0.05, 0.1) is 31.9 Å². The summed E-state index contributed by atoms with van der Waals surface area (Å²) in [4.78, 5) is 18.4. The first-order valence-electron chi connectivity index (χ1n) is 9.56. The van der Waals surface area contributed by atoms with Gasteiger partial charge in [-0.3, -0.25) is 9.69 Å². The second-order valence-electron chi connectivity index (χ2n) is 6.90. The molecule has 0 saturated carbocycles. The zero-order valence-corrected chi connectivity index (χ0v) is 16.0. The first-order valence-corrected chi connectivity index (χ1v) is 9.56. The van der Waals surface area contributed by atoms with Crippen LogP contribution in [0.15, 0.2) is 54.7 Å². The van der Waals surface area contributed by atoms with Crippen molar-refractivity contribution >= 4 is 16.8 Å². The molecule has 1 amide bonds. The van der Waals surface area contributed by atoms with Crippen molar-refractivity contribution in [1.82, 2.24) is 15.2 Å². The van der Waals surface area contributed by atoms with Crippen molar-refractivity contribution in [3.05, 3.63) is 65.9 Å². The zero-order chi connectivity index (χ0) is 19.3. The lowest BCUT2D eigenvalue weighted by Crippen LogP contribution is -2.43. The van der Waals surface area contributed by atoms with E-state index in [2.05, 4.69) is 27.3 Å². The van der Waals surface area contributed by atoms with E-state index in [1.165, 1.54) is 0 Å². The van der Waals surface area contributed by atoms with Crippen LogP contribution in [0.4, 0.5) is 0 Å². The Balaban J connectivity index is 1.52. The summed E-state index contributed by atoms with van der Waals surface area (Å²) in [5.74, 6) is 0.761. The quantitative estimate of drug-likeness (QED) is 0.691. The van der Waals surface area contributed by atoms with E-state index in [1.54, 1.807) is 13.3 Å². The number of aromatic amines is 1. The van der Waals surface area contributed by atoms with Gasteiger partial charge in [-0.25, -0.2) is 0 Å². The Morgan fingerprint density at radius 2 is 1.93 bits per heavy atom. The molecule has 1 aliphatic rings. The number of aromatic nitrogens is 1. The lowest BCUT2D eigenvalue weighted by atomic mass is 10.0. The number of hydrogen-bond acceptors (Lipinski definition) is 4. The number of ether oxygens (including phenoxy) is 2. The van der Waals surface area contributed by atoms with Gasteiger partial charge in [-0.05, 0) is 23.8 Å². The minimum Gasteiger partial charge on any atom is -0.497 e. The van der Waals surface area contributed by atoms with Gasteiger partial charge >= 0.3 is 0 Å². The van der Waals surface area contributed by atoms with Crippen LogP contribution < -0.4 is 10.1 Å². The number of morpholine rings is 1. The Kier molecular flexibility index (Phi) is 5.60. The fraction of sp³-hybridized carbons (Fsp3) is 0.318. The molecule has 4 rings (SSSR count). The van der Waals surface area contributed by atoms with Gasteiger partial charge in [0.1, 0.15) is 5.75 Å². The van der Waals surface area contributed by atoms with Crippen molar-refractivity contribution in [1.29, 1.82) is 0 Å². The predicted octanol–water partition coefficient (Wildman–Crippen LogP) is 2.98. The van der Waals surface area contributed by atoms with Gasteiger partial charge in [-0.2, -0.15) is 0 Å². The number of fused-ring (bicyclic) bond motifs is 1. The SMILES string of the molecule is COc1ccc([C@@H](CNC(=O)c2c[nH]c3ccccc23)N2CCOCC2)cc1. The van der Waals surface area contributed by atoms with Crippen molar-refractivity contribution in [2.75, 3.05) is 40.0 Å². The molecular formula is C22H25N3O3. The molecule has 1 fully saturated rings. The van der Waals surface area contributed by atoms with Crippen molar-refractivity contribution in [3.63, 3.8) is 0 Å². The first kappa shape index (κ1) is 18.5. The van der Waals surface area contributed by atoms with Crippen LogP contribution in [0, 0.1) is 0 Å². The number of methoxy groups -OCH3 is 1. The second-order valence-corrected chi connectivity index (χ2v) is 6.90. The summed E-state index contributed by atoms with van der Waals surface area (Å²) in [6.07, 6.45) is 1.77. The predicted molar refractivity (Wildman–Crippen MR) is 109 cm³/mol. The van der Waals surface area contributed by atoms with E-state index in [0.717, 1.165) is 35.3 Å². The average molecular weight is 379 g/mol. The van der Waals surface area contributed by atoms with E-state index in [9.17, 15) is 4.79 Å². The molecule has 3 aromatic rings. The molecule has 1 atom stereocenters. The number of para-hydroxylation sites is 1. The molecule has 0 aliphatic carbocycles. The summed E-state index contributed by atoms with van der Waals surface area (Å²) in [6, 6.07) is 16.0. The van der Waals surface area contributed by atoms with Gasteiger partial charge in [-0.15, -0.1) is 0 Å². The molecule has 146 valence electrons. The number of H-pyrrole nitrogens is 1. The number of benzene rings is 2. The van der Waals surface area contributed by atoms with E-state index in [4.69, 9.17) is 9.47 Å². The highest BCUT2D eigenvalue weighted by Crippen LogP contribution is 2.24. The molecule has 2 aromatic carbocycles. The van der Waals surface area contributed by atoms with Gasteiger partial charge in [-0.1, -0.05) is 30.3 Å². The van der Waals surface area contributed by atoms with Crippen LogP contribution in [-0.2, 0) is 4.74 Å². The summed E-state index contributed by atoms with van der Waals surface area (Å²) in [5.41, 5.74) is 2.79. The van der Waals surface area contributed by atoms with Gasteiger partial charge < -0.3 is 19.8 Å². The number of nitrogens with one attached hydrogen (secondary N) is 2. The van der Waals surface area contributed by atoms with E-state index in [1.807, 2.05) is 36.4 Å². The lowest BCUT2D eigenvalue weighted by Gasteiger charge is -2.35. The third-order valence-electron chi connectivity index (χ3n) is 5.28. The highest BCUT2D eigenvalue weighted by atomic mass is 16.5. The monoisotopic (exact) mass is 379 g/mol. The average Bonchev–Trinajstić information content (AvgIpc) is 3.19. The minimum absolute atomic E-state index is 0.0655. The Bertz CT molecular complexity index is 930. The molecule has 0 spiro atoms. The number of rotatable bonds is 6. The van der Waals surface area contributed by atoms with E-state index < -0.39 is 0 Å². The summed E-state index contributed by atoms with van der Waals surface area (Å²) in [6.45, 7) is 3.65. The highest BCUT2D eigenvalue weighted by Gasteiger charge is 2.24. The molecular weight excluding hydrogens is 354 g/mol. The van der Waals surface area contributed by atoms with Gasteiger partial charge in [0.25, 0.3) is 5.91 Å². The maximum absolute atomic E-state index is 12.8. The lowest BCUT2D eigenvalue weighted by molar-refractivity contribution is 0.0162. The fourth-order valence-electron chi connectivity index (χ4n) is 3.72. The fourth-order valence-corrected chi connectivity index (χ4v) is 3.72. The smallest absolute Gasteiger partial charge is 0.253 e. The summed E-state index contributed by atoms with van der Waals surface area (Å²) in [5, 5.41) is 4.07. The van der Waals surface area contributed by atoms with Crippen molar-refractivity contribution in [2.45, 2.75) is 6.04 Å². The van der Waals surface area contributed by atoms with Crippen LogP contribution in [0.5, 0.6) is 5.75 Å². The molecule has 1 saturated heterocycles. The molecule has 2 heterocycles. The molecule has 28 heavy (non-hydrogen) atoms. The number of carbonyl (C=O) groups is 1. The van der Waals surface area contributed by atoms with Gasteiger partial charge in [0.15, 0.2) is 0 Å². The van der Waals surface area contributed by atoms with E-state index >= 15 is 0 Å². The Hall–Kier alpha value is -2.83. The van der Waals surface area contributed by atoms with Crippen LogP contribution >= 0.6 is 0 Å². The Morgan fingerprint density at radius 1 is 1.18 bits per heavy atom.